The minimum atomic E-state index is -4.16. The molecule has 0 aliphatic heterocycles. The van der Waals surface area contributed by atoms with Crippen molar-refractivity contribution in [3.63, 3.8) is 0 Å². The molecule has 0 saturated carbocycles. The number of aryl methyl sites for hydroxylation is 3. The average Bonchev–Trinajstić information content (AvgIpc) is 3.02. The molecule has 0 saturated heterocycles. The highest BCUT2D eigenvalue weighted by molar-refractivity contribution is 9.10. The van der Waals surface area contributed by atoms with E-state index in [2.05, 4.69) is 21.2 Å². The van der Waals surface area contributed by atoms with Gasteiger partial charge >= 0.3 is 0 Å². The van der Waals surface area contributed by atoms with Gasteiger partial charge in [-0.3, -0.25) is 13.9 Å². The van der Waals surface area contributed by atoms with Gasteiger partial charge in [0, 0.05) is 23.5 Å². The third kappa shape index (κ3) is 8.85. The molecular formula is C37H42BrN3O4S. The molecule has 7 nitrogen and oxygen atoms in total. The first-order valence-electron chi connectivity index (χ1n) is 15.4. The molecule has 0 fully saturated rings. The fraction of sp³-hybridized carbons (Fsp3) is 0.297. The molecule has 0 aromatic heterocycles. The summed E-state index contributed by atoms with van der Waals surface area (Å²) in [5, 5.41) is 3.07. The lowest BCUT2D eigenvalue weighted by Gasteiger charge is -2.34. The quantitative estimate of drug-likeness (QED) is 0.161. The summed E-state index contributed by atoms with van der Waals surface area (Å²) in [6.45, 7) is 9.18. The van der Waals surface area contributed by atoms with Crippen LogP contribution in [0.15, 0.2) is 106 Å². The van der Waals surface area contributed by atoms with Crippen LogP contribution in [0.5, 0.6) is 0 Å². The molecule has 4 aromatic rings. The molecule has 0 bridgehead atoms. The van der Waals surface area contributed by atoms with Gasteiger partial charge in [-0.25, -0.2) is 8.42 Å². The Morgan fingerprint density at radius 1 is 0.826 bits per heavy atom. The second-order valence-corrected chi connectivity index (χ2v) is 14.6. The Labute approximate surface area is 281 Å². The Morgan fingerprint density at radius 3 is 2.11 bits per heavy atom. The van der Waals surface area contributed by atoms with Crippen LogP contribution < -0.4 is 9.62 Å². The number of halogens is 1. The van der Waals surface area contributed by atoms with Crippen LogP contribution in [0.3, 0.4) is 0 Å². The van der Waals surface area contributed by atoms with E-state index in [-0.39, 0.29) is 29.8 Å². The molecule has 0 aliphatic rings. The van der Waals surface area contributed by atoms with Crippen molar-refractivity contribution >= 4 is 43.5 Å². The lowest BCUT2D eigenvalue weighted by Crippen LogP contribution is -2.54. The first kappa shape index (κ1) is 34.9. The van der Waals surface area contributed by atoms with E-state index in [1.54, 1.807) is 30.3 Å². The molecular weight excluding hydrogens is 662 g/mol. The molecule has 0 unspecified atom stereocenters. The topological polar surface area (TPSA) is 86.8 Å². The van der Waals surface area contributed by atoms with E-state index in [1.807, 2.05) is 101 Å². The normalized spacial score (nSPS) is 12.7. The zero-order valence-corrected chi connectivity index (χ0v) is 29.4. The van der Waals surface area contributed by atoms with Gasteiger partial charge in [-0.15, -0.1) is 0 Å². The third-order valence-electron chi connectivity index (χ3n) is 8.02. The van der Waals surface area contributed by atoms with Crippen LogP contribution in [0.2, 0.25) is 0 Å². The van der Waals surface area contributed by atoms with Crippen LogP contribution in [-0.4, -0.2) is 43.8 Å². The predicted molar refractivity (Wildman–Crippen MR) is 188 cm³/mol. The molecule has 4 aromatic carbocycles. The summed E-state index contributed by atoms with van der Waals surface area (Å²) in [6.07, 6.45) is 0.982. The monoisotopic (exact) mass is 703 g/mol. The average molecular weight is 705 g/mol. The molecule has 9 heteroatoms. The van der Waals surface area contributed by atoms with Crippen molar-refractivity contribution in [3.8, 4) is 0 Å². The summed E-state index contributed by atoms with van der Waals surface area (Å²) in [5.41, 5.74) is 4.71. The SMILES string of the molecule is CC[C@H](C)NC(=O)[C@@H](Cc1ccccc1)N(Cc1cccc(Br)c1)C(=O)CN(c1ccc(C)cc1C)S(=O)(=O)c1ccc(C)cc1. The number of amides is 2. The van der Waals surface area contributed by atoms with Gasteiger partial charge in [0.05, 0.1) is 10.6 Å². The Morgan fingerprint density at radius 2 is 1.48 bits per heavy atom. The van der Waals surface area contributed by atoms with Crippen molar-refractivity contribution in [3.05, 3.63) is 129 Å². The summed E-state index contributed by atoms with van der Waals surface area (Å²) >= 11 is 3.52. The summed E-state index contributed by atoms with van der Waals surface area (Å²) in [5.74, 6) is -0.781. The highest BCUT2D eigenvalue weighted by atomic mass is 79.9. The van der Waals surface area contributed by atoms with E-state index < -0.39 is 28.5 Å². The minimum absolute atomic E-state index is 0.0831. The van der Waals surface area contributed by atoms with Crippen LogP contribution >= 0.6 is 15.9 Å². The Bertz CT molecular complexity index is 1760. The van der Waals surface area contributed by atoms with E-state index in [9.17, 15) is 18.0 Å². The highest BCUT2D eigenvalue weighted by Crippen LogP contribution is 2.29. The van der Waals surface area contributed by atoms with Gasteiger partial charge in [0.15, 0.2) is 0 Å². The minimum Gasteiger partial charge on any atom is -0.352 e. The van der Waals surface area contributed by atoms with Crippen molar-refractivity contribution in [1.82, 2.24) is 10.2 Å². The highest BCUT2D eigenvalue weighted by Gasteiger charge is 2.35. The van der Waals surface area contributed by atoms with Crippen molar-refractivity contribution in [2.24, 2.45) is 0 Å². The maximum absolute atomic E-state index is 14.6. The van der Waals surface area contributed by atoms with Gasteiger partial charge in [0.2, 0.25) is 11.8 Å². The molecule has 2 amide bonds. The molecule has 46 heavy (non-hydrogen) atoms. The lowest BCUT2D eigenvalue weighted by atomic mass is 10.0. The maximum Gasteiger partial charge on any atom is 0.264 e. The summed E-state index contributed by atoms with van der Waals surface area (Å²) in [4.78, 5) is 30.2. The number of nitrogens with zero attached hydrogens (tertiary/aromatic N) is 2. The van der Waals surface area contributed by atoms with Gasteiger partial charge in [0.1, 0.15) is 12.6 Å². The van der Waals surface area contributed by atoms with Crippen molar-refractivity contribution in [2.75, 3.05) is 10.8 Å². The van der Waals surface area contributed by atoms with Crippen LogP contribution in [0.25, 0.3) is 0 Å². The number of hydrogen-bond acceptors (Lipinski definition) is 4. The van der Waals surface area contributed by atoms with Crippen molar-refractivity contribution in [2.45, 2.75) is 71.0 Å². The second-order valence-electron chi connectivity index (χ2n) is 11.8. The van der Waals surface area contributed by atoms with Crippen LogP contribution in [-0.2, 0) is 32.6 Å². The Kier molecular flexibility index (Phi) is 11.8. The van der Waals surface area contributed by atoms with E-state index in [1.165, 1.54) is 9.21 Å². The fourth-order valence-corrected chi connectivity index (χ4v) is 7.19. The van der Waals surface area contributed by atoms with Gasteiger partial charge in [0.25, 0.3) is 10.0 Å². The zero-order chi connectivity index (χ0) is 33.4. The molecule has 4 rings (SSSR count). The molecule has 2 atom stereocenters. The van der Waals surface area contributed by atoms with Crippen molar-refractivity contribution in [1.29, 1.82) is 0 Å². The summed E-state index contributed by atoms with van der Waals surface area (Å²) < 4.78 is 30.6. The largest absolute Gasteiger partial charge is 0.352 e. The molecule has 1 N–H and O–H groups in total. The molecule has 0 aliphatic carbocycles. The molecule has 0 heterocycles. The third-order valence-corrected chi connectivity index (χ3v) is 10.3. The molecule has 242 valence electrons. The lowest BCUT2D eigenvalue weighted by molar-refractivity contribution is -0.140. The van der Waals surface area contributed by atoms with E-state index in [4.69, 9.17) is 0 Å². The first-order chi connectivity index (χ1) is 21.9. The predicted octanol–water partition coefficient (Wildman–Crippen LogP) is 7.12. The smallest absolute Gasteiger partial charge is 0.264 e. The standard InChI is InChI=1S/C37H42BrN3O4S/c1-6-29(5)39-37(43)35(23-30-11-8-7-9-12-30)40(24-31-13-10-14-32(38)22-31)36(42)25-41(34-20-17-27(3)21-28(34)4)46(44,45)33-18-15-26(2)16-19-33/h7-22,29,35H,6,23-25H2,1-5H3,(H,39,43)/t29-,35+/m0/s1. The second kappa shape index (κ2) is 15.6. The number of rotatable bonds is 13. The first-order valence-corrected chi connectivity index (χ1v) is 17.7. The zero-order valence-electron chi connectivity index (χ0n) is 27.0. The maximum atomic E-state index is 14.6. The Balaban J connectivity index is 1.83. The molecule has 0 spiro atoms. The number of benzene rings is 4. The molecule has 0 radical (unpaired) electrons. The van der Waals surface area contributed by atoms with Crippen molar-refractivity contribution < 1.29 is 18.0 Å². The number of sulfonamides is 1. The van der Waals surface area contributed by atoms with Crippen LogP contribution in [0, 0.1) is 20.8 Å². The van der Waals surface area contributed by atoms with E-state index in [0.717, 1.165) is 38.7 Å². The summed E-state index contributed by atoms with van der Waals surface area (Å²) in [6, 6.07) is 28.2. The van der Waals surface area contributed by atoms with E-state index >= 15 is 0 Å². The summed E-state index contributed by atoms with van der Waals surface area (Å²) in [7, 11) is -4.16. The van der Waals surface area contributed by atoms with Crippen LogP contribution in [0.4, 0.5) is 5.69 Å². The van der Waals surface area contributed by atoms with E-state index in [0.29, 0.717) is 5.69 Å². The fourth-order valence-electron chi connectivity index (χ4n) is 5.26. The van der Waals surface area contributed by atoms with Gasteiger partial charge in [-0.2, -0.15) is 0 Å². The number of nitrogens with one attached hydrogen (secondary N) is 1. The number of carbonyl (C=O) groups excluding carboxylic acids is 2. The van der Waals surface area contributed by atoms with Crippen LogP contribution in [0.1, 0.15) is 48.1 Å². The van der Waals surface area contributed by atoms with Gasteiger partial charge in [-0.05, 0) is 81.1 Å². The van der Waals surface area contributed by atoms with Gasteiger partial charge < -0.3 is 10.2 Å². The van der Waals surface area contributed by atoms with Gasteiger partial charge in [-0.1, -0.05) is 101 Å². The Hall–Kier alpha value is -3.95. The number of anilines is 1. The number of hydrogen-bond donors (Lipinski definition) is 1. The number of carbonyl (C=O) groups is 2.